The van der Waals surface area contributed by atoms with Crippen LogP contribution < -0.4 is 5.32 Å². The van der Waals surface area contributed by atoms with E-state index in [0.29, 0.717) is 12.0 Å². The number of nitrogens with one attached hydrogen (secondary N) is 1. The summed E-state index contributed by atoms with van der Waals surface area (Å²) in [4.78, 5) is 0. The van der Waals surface area contributed by atoms with E-state index in [0.717, 1.165) is 23.0 Å². The molecule has 0 saturated heterocycles. The van der Waals surface area contributed by atoms with Gasteiger partial charge in [0.1, 0.15) is 11.6 Å². The van der Waals surface area contributed by atoms with Crippen LogP contribution in [0, 0.1) is 29.4 Å². The molecule has 2 aliphatic rings. The molecule has 4 atom stereocenters. The van der Waals surface area contributed by atoms with Gasteiger partial charge < -0.3 is 5.32 Å². The van der Waals surface area contributed by atoms with Crippen molar-refractivity contribution in [2.24, 2.45) is 17.8 Å². The summed E-state index contributed by atoms with van der Waals surface area (Å²) in [6.07, 6.45) is 5.46. The van der Waals surface area contributed by atoms with Gasteiger partial charge in [0.25, 0.3) is 0 Å². The SMILES string of the molecule is C[C@H](NC(c1ccc(F)cc1)c1ccc(F)cc1)[C@H]1C[C@H]2CC[C@H]1C2. The van der Waals surface area contributed by atoms with Crippen LogP contribution in [0.15, 0.2) is 48.5 Å². The molecule has 2 saturated carbocycles. The second kappa shape index (κ2) is 6.87. The monoisotopic (exact) mass is 341 g/mol. The minimum atomic E-state index is -0.234. The van der Waals surface area contributed by atoms with Crippen LogP contribution in [0.3, 0.4) is 0 Å². The van der Waals surface area contributed by atoms with Crippen molar-refractivity contribution in [1.82, 2.24) is 5.32 Å². The van der Waals surface area contributed by atoms with E-state index in [2.05, 4.69) is 12.2 Å². The first-order chi connectivity index (χ1) is 12.1. The third-order valence-corrected chi connectivity index (χ3v) is 6.27. The number of halogens is 2. The summed E-state index contributed by atoms with van der Waals surface area (Å²) in [5.41, 5.74) is 2.03. The Morgan fingerprint density at radius 3 is 1.84 bits per heavy atom. The van der Waals surface area contributed by atoms with E-state index in [9.17, 15) is 8.78 Å². The zero-order chi connectivity index (χ0) is 17.4. The Morgan fingerprint density at radius 2 is 1.40 bits per heavy atom. The van der Waals surface area contributed by atoms with Crippen molar-refractivity contribution in [3.8, 4) is 0 Å². The second-order valence-corrected chi connectivity index (χ2v) is 7.83. The summed E-state index contributed by atoms with van der Waals surface area (Å²) >= 11 is 0. The first kappa shape index (κ1) is 16.7. The molecular formula is C22H25F2N. The van der Waals surface area contributed by atoms with E-state index < -0.39 is 0 Å². The van der Waals surface area contributed by atoms with Gasteiger partial charge in [-0.15, -0.1) is 0 Å². The van der Waals surface area contributed by atoms with Crippen molar-refractivity contribution in [1.29, 1.82) is 0 Å². The lowest BCUT2D eigenvalue weighted by Crippen LogP contribution is -2.39. The van der Waals surface area contributed by atoms with Crippen LogP contribution in [-0.2, 0) is 0 Å². The van der Waals surface area contributed by atoms with Crippen molar-refractivity contribution in [2.75, 3.05) is 0 Å². The zero-order valence-electron chi connectivity index (χ0n) is 14.6. The number of hydrogen-bond donors (Lipinski definition) is 1. The molecule has 0 heterocycles. The Hall–Kier alpha value is -1.74. The normalized spacial score (nSPS) is 26.3. The van der Waals surface area contributed by atoms with Gasteiger partial charge in [-0.1, -0.05) is 30.7 Å². The average molecular weight is 341 g/mol. The molecule has 0 radical (unpaired) electrons. The van der Waals surface area contributed by atoms with Crippen LogP contribution in [0.25, 0.3) is 0 Å². The highest BCUT2D eigenvalue weighted by Gasteiger charge is 2.42. The largest absolute Gasteiger partial charge is 0.303 e. The molecule has 0 amide bonds. The van der Waals surface area contributed by atoms with E-state index in [1.54, 1.807) is 0 Å². The molecule has 132 valence electrons. The number of fused-ring (bicyclic) bond motifs is 2. The molecule has 2 fully saturated rings. The lowest BCUT2D eigenvalue weighted by atomic mass is 9.83. The van der Waals surface area contributed by atoms with E-state index in [4.69, 9.17) is 0 Å². The van der Waals surface area contributed by atoms with E-state index in [1.165, 1.54) is 49.9 Å². The predicted octanol–water partition coefficient (Wildman–Crippen LogP) is 5.47. The van der Waals surface area contributed by atoms with Gasteiger partial charge in [0.2, 0.25) is 0 Å². The lowest BCUT2D eigenvalue weighted by Gasteiger charge is -2.32. The maximum atomic E-state index is 13.3. The molecule has 0 aliphatic heterocycles. The van der Waals surface area contributed by atoms with Gasteiger partial charge in [0.05, 0.1) is 6.04 Å². The van der Waals surface area contributed by atoms with Gasteiger partial charge in [0.15, 0.2) is 0 Å². The van der Waals surface area contributed by atoms with Crippen LogP contribution in [0.4, 0.5) is 8.78 Å². The fraction of sp³-hybridized carbons (Fsp3) is 0.455. The fourth-order valence-electron chi connectivity index (χ4n) is 4.99. The van der Waals surface area contributed by atoms with Gasteiger partial charge in [-0.3, -0.25) is 0 Å². The Morgan fingerprint density at radius 1 is 0.840 bits per heavy atom. The maximum absolute atomic E-state index is 13.3. The molecule has 4 rings (SSSR count). The highest BCUT2D eigenvalue weighted by Crippen LogP contribution is 2.49. The predicted molar refractivity (Wildman–Crippen MR) is 96.2 cm³/mol. The Balaban J connectivity index is 1.58. The van der Waals surface area contributed by atoms with Crippen LogP contribution in [0.2, 0.25) is 0 Å². The molecule has 0 spiro atoms. The highest BCUT2D eigenvalue weighted by atomic mass is 19.1. The third-order valence-electron chi connectivity index (χ3n) is 6.27. The standard InChI is InChI=1S/C22H25F2N/c1-14(21-13-15-2-3-18(21)12-15)25-22(16-4-8-19(23)9-5-16)17-6-10-20(24)11-7-17/h4-11,14-15,18,21-22,25H,2-3,12-13H2,1H3/t14-,15-,18-,21+/m0/s1. The number of rotatable bonds is 5. The second-order valence-electron chi connectivity index (χ2n) is 7.83. The number of benzene rings is 2. The Labute approximate surface area is 148 Å². The molecule has 0 unspecified atom stereocenters. The molecule has 1 nitrogen and oxygen atoms in total. The minimum Gasteiger partial charge on any atom is -0.303 e. The van der Waals surface area contributed by atoms with Crippen LogP contribution in [-0.4, -0.2) is 6.04 Å². The van der Waals surface area contributed by atoms with Gasteiger partial charge >= 0.3 is 0 Å². The molecule has 2 aliphatic carbocycles. The Bertz CT molecular complexity index is 664. The molecule has 2 bridgehead atoms. The van der Waals surface area contributed by atoms with E-state index >= 15 is 0 Å². The minimum absolute atomic E-state index is 0.0460. The molecule has 2 aromatic rings. The summed E-state index contributed by atoms with van der Waals surface area (Å²) in [6, 6.07) is 13.6. The van der Waals surface area contributed by atoms with Crippen molar-refractivity contribution in [3.63, 3.8) is 0 Å². The van der Waals surface area contributed by atoms with Crippen LogP contribution in [0.1, 0.15) is 49.8 Å². The van der Waals surface area contributed by atoms with Crippen LogP contribution >= 0.6 is 0 Å². The lowest BCUT2D eigenvalue weighted by molar-refractivity contribution is 0.252. The summed E-state index contributed by atoms with van der Waals surface area (Å²) in [7, 11) is 0. The van der Waals surface area contributed by atoms with Crippen molar-refractivity contribution >= 4 is 0 Å². The quantitative estimate of drug-likeness (QED) is 0.760. The smallest absolute Gasteiger partial charge is 0.123 e. The summed E-state index contributed by atoms with van der Waals surface area (Å²) in [5.74, 6) is 2.00. The Kier molecular flexibility index (Phi) is 4.60. The van der Waals surface area contributed by atoms with Gasteiger partial charge in [-0.25, -0.2) is 8.78 Å². The van der Waals surface area contributed by atoms with E-state index in [1.807, 2.05) is 24.3 Å². The van der Waals surface area contributed by atoms with E-state index in [-0.39, 0.29) is 17.7 Å². The molecule has 25 heavy (non-hydrogen) atoms. The molecular weight excluding hydrogens is 316 g/mol. The third kappa shape index (κ3) is 3.48. The fourth-order valence-corrected chi connectivity index (χ4v) is 4.99. The summed E-state index contributed by atoms with van der Waals surface area (Å²) in [6.45, 7) is 2.27. The molecule has 3 heteroatoms. The molecule has 0 aromatic heterocycles. The maximum Gasteiger partial charge on any atom is 0.123 e. The topological polar surface area (TPSA) is 12.0 Å². The van der Waals surface area contributed by atoms with Crippen molar-refractivity contribution < 1.29 is 8.78 Å². The first-order valence-electron chi connectivity index (χ1n) is 9.37. The van der Waals surface area contributed by atoms with Crippen molar-refractivity contribution in [2.45, 2.75) is 44.7 Å². The van der Waals surface area contributed by atoms with Gasteiger partial charge in [-0.05, 0) is 79.3 Å². The average Bonchev–Trinajstić information content (AvgIpc) is 3.25. The summed E-state index contributed by atoms with van der Waals surface area (Å²) in [5, 5.41) is 3.77. The van der Waals surface area contributed by atoms with Crippen molar-refractivity contribution in [3.05, 3.63) is 71.3 Å². The summed E-state index contributed by atoms with van der Waals surface area (Å²) < 4.78 is 26.7. The molecule has 1 N–H and O–H groups in total. The van der Waals surface area contributed by atoms with Crippen LogP contribution in [0.5, 0.6) is 0 Å². The number of hydrogen-bond acceptors (Lipinski definition) is 1. The molecule has 2 aromatic carbocycles. The van der Waals surface area contributed by atoms with Gasteiger partial charge in [-0.2, -0.15) is 0 Å². The zero-order valence-corrected chi connectivity index (χ0v) is 14.6. The van der Waals surface area contributed by atoms with Gasteiger partial charge in [0, 0.05) is 6.04 Å². The highest BCUT2D eigenvalue weighted by molar-refractivity contribution is 5.32. The first-order valence-corrected chi connectivity index (χ1v) is 9.37.